The van der Waals surface area contributed by atoms with Crippen molar-refractivity contribution in [1.82, 2.24) is 15.5 Å². The SMILES string of the molecule is C=CCN1CCC(NC(=NCc2ccc(N3CC=CC3)cc2)NCC)CC1. The van der Waals surface area contributed by atoms with Gasteiger partial charge in [-0.3, -0.25) is 4.90 Å². The molecule has 2 heterocycles. The highest BCUT2D eigenvalue weighted by molar-refractivity contribution is 5.80. The smallest absolute Gasteiger partial charge is 0.191 e. The molecule has 2 aliphatic rings. The maximum atomic E-state index is 4.80. The fraction of sp³-hybridized carbons (Fsp3) is 0.500. The second-order valence-electron chi connectivity index (χ2n) is 7.25. The molecule has 1 aromatic carbocycles. The Bertz CT molecular complexity index is 633. The number of likely N-dealkylation sites (tertiary alicyclic amines) is 1. The monoisotopic (exact) mass is 367 g/mol. The van der Waals surface area contributed by atoms with Crippen LogP contribution in [0.2, 0.25) is 0 Å². The van der Waals surface area contributed by atoms with Crippen LogP contribution in [0.5, 0.6) is 0 Å². The summed E-state index contributed by atoms with van der Waals surface area (Å²) >= 11 is 0. The van der Waals surface area contributed by atoms with Gasteiger partial charge < -0.3 is 15.5 Å². The number of piperidine rings is 1. The molecule has 5 heteroatoms. The molecule has 0 aliphatic carbocycles. The van der Waals surface area contributed by atoms with Crippen LogP contribution in [0.25, 0.3) is 0 Å². The van der Waals surface area contributed by atoms with Crippen LogP contribution in [0, 0.1) is 0 Å². The molecule has 27 heavy (non-hydrogen) atoms. The van der Waals surface area contributed by atoms with Gasteiger partial charge in [-0.05, 0) is 37.5 Å². The number of rotatable bonds is 7. The van der Waals surface area contributed by atoms with Gasteiger partial charge >= 0.3 is 0 Å². The Morgan fingerprint density at radius 2 is 1.89 bits per heavy atom. The van der Waals surface area contributed by atoms with Crippen molar-refractivity contribution >= 4 is 11.6 Å². The number of anilines is 1. The Balaban J connectivity index is 1.51. The topological polar surface area (TPSA) is 42.9 Å². The molecule has 0 radical (unpaired) electrons. The zero-order valence-corrected chi connectivity index (χ0v) is 16.5. The normalized spacial score (nSPS) is 18.7. The first-order chi connectivity index (χ1) is 13.3. The van der Waals surface area contributed by atoms with Crippen molar-refractivity contribution in [2.45, 2.75) is 32.4 Å². The summed E-state index contributed by atoms with van der Waals surface area (Å²) in [5.41, 5.74) is 2.52. The summed E-state index contributed by atoms with van der Waals surface area (Å²) in [5.74, 6) is 0.924. The molecule has 0 atom stereocenters. The molecule has 2 N–H and O–H groups in total. The van der Waals surface area contributed by atoms with Gasteiger partial charge in [0.15, 0.2) is 5.96 Å². The number of benzene rings is 1. The molecule has 0 aromatic heterocycles. The van der Waals surface area contributed by atoms with Gasteiger partial charge in [0, 0.05) is 51.0 Å². The molecular formula is C22H33N5. The van der Waals surface area contributed by atoms with E-state index in [0.717, 1.165) is 58.1 Å². The lowest BCUT2D eigenvalue weighted by molar-refractivity contribution is 0.225. The van der Waals surface area contributed by atoms with E-state index in [2.05, 4.69) is 70.4 Å². The molecule has 0 amide bonds. The van der Waals surface area contributed by atoms with Crippen molar-refractivity contribution in [3.63, 3.8) is 0 Å². The van der Waals surface area contributed by atoms with Gasteiger partial charge in [0.2, 0.25) is 0 Å². The van der Waals surface area contributed by atoms with E-state index in [1.165, 1.54) is 11.3 Å². The van der Waals surface area contributed by atoms with Crippen molar-refractivity contribution in [2.75, 3.05) is 44.2 Å². The summed E-state index contributed by atoms with van der Waals surface area (Å²) in [6, 6.07) is 9.28. The van der Waals surface area contributed by atoms with Gasteiger partial charge in [-0.1, -0.05) is 30.4 Å². The first-order valence-electron chi connectivity index (χ1n) is 10.2. The van der Waals surface area contributed by atoms with E-state index in [-0.39, 0.29) is 0 Å². The van der Waals surface area contributed by atoms with Crippen molar-refractivity contribution < 1.29 is 0 Å². The van der Waals surface area contributed by atoms with Crippen LogP contribution in [-0.2, 0) is 6.54 Å². The summed E-state index contributed by atoms with van der Waals surface area (Å²) in [5, 5.41) is 7.00. The van der Waals surface area contributed by atoms with E-state index < -0.39 is 0 Å². The van der Waals surface area contributed by atoms with Gasteiger partial charge in [0.1, 0.15) is 0 Å². The van der Waals surface area contributed by atoms with Crippen LogP contribution < -0.4 is 15.5 Å². The lowest BCUT2D eigenvalue weighted by atomic mass is 10.1. The first-order valence-corrected chi connectivity index (χ1v) is 10.2. The van der Waals surface area contributed by atoms with Crippen molar-refractivity contribution in [3.05, 3.63) is 54.6 Å². The fourth-order valence-electron chi connectivity index (χ4n) is 3.63. The third-order valence-corrected chi connectivity index (χ3v) is 5.20. The van der Waals surface area contributed by atoms with Crippen LogP contribution >= 0.6 is 0 Å². The third kappa shape index (κ3) is 5.86. The Kier molecular flexibility index (Phi) is 7.34. The van der Waals surface area contributed by atoms with Crippen molar-refractivity contribution in [3.8, 4) is 0 Å². The molecule has 0 saturated carbocycles. The Hall–Kier alpha value is -2.27. The van der Waals surface area contributed by atoms with Crippen LogP contribution in [0.4, 0.5) is 5.69 Å². The Labute approximate surface area is 163 Å². The zero-order valence-electron chi connectivity index (χ0n) is 16.5. The number of nitrogens with one attached hydrogen (secondary N) is 2. The van der Waals surface area contributed by atoms with Crippen LogP contribution in [0.15, 0.2) is 54.1 Å². The molecular weight excluding hydrogens is 334 g/mol. The van der Waals surface area contributed by atoms with Crippen molar-refractivity contribution in [1.29, 1.82) is 0 Å². The van der Waals surface area contributed by atoms with Gasteiger partial charge in [-0.15, -0.1) is 6.58 Å². The predicted octanol–water partition coefficient (Wildman–Crippen LogP) is 2.77. The Morgan fingerprint density at radius 3 is 2.52 bits per heavy atom. The van der Waals surface area contributed by atoms with E-state index in [0.29, 0.717) is 12.6 Å². The maximum absolute atomic E-state index is 4.80. The highest BCUT2D eigenvalue weighted by Gasteiger charge is 2.19. The maximum Gasteiger partial charge on any atom is 0.191 e. The summed E-state index contributed by atoms with van der Waals surface area (Å²) in [6.45, 7) is 12.8. The standard InChI is InChI=1S/C22H33N5/c1-3-13-26-16-11-20(12-17-26)25-22(23-4-2)24-18-19-7-9-21(10-8-19)27-14-5-6-15-27/h3,5-10,20H,1,4,11-18H2,2H3,(H2,23,24,25). The lowest BCUT2D eigenvalue weighted by Gasteiger charge is -2.32. The number of guanidine groups is 1. The van der Waals surface area contributed by atoms with E-state index in [4.69, 9.17) is 4.99 Å². The highest BCUT2D eigenvalue weighted by Crippen LogP contribution is 2.18. The summed E-state index contributed by atoms with van der Waals surface area (Å²) in [6.07, 6.45) is 8.72. The molecule has 1 aromatic rings. The quantitative estimate of drug-likeness (QED) is 0.442. The van der Waals surface area contributed by atoms with Gasteiger partial charge in [0.05, 0.1) is 6.54 Å². The molecule has 0 unspecified atom stereocenters. The second-order valence-corrected chi connectivity index (χ2v) is 7.25. The lowest BCUT2D eigenvalue weighted by Crippen LogP contribution is -2.48. The van der Waals surface area contributed by atoms with E-state index in [1.807, 2.05) is 6.08 Å². The Morgan fingerprint density at radius 1 is 1.19 bits per heavy atom. The third-order valence-electron chi connectivity index (χ3n) is 5.20. The molecule has 1 fully saturated rings. The van der Waals surface area contributed by atoms with E-state index in [1.54, 1.807) is 0 Å². The number of aliphatic imine (C=N–C) groups is 1. The summed E-state index contributed by atoms with van der Waals surface area (Å²) in [4.78, 5) is 9.61. The van der Waals surface area contributed by atoms with Crippen LogP contribution in [0.3, 0.4) is 0 Å². The van der Waals surface area contributed by atoms with Gasteiger partial charge in [0.25, 0.3) is 0 Å². The molecule has 0 spiro atoms. The summed E-state index contributed by atoms with van der Waals surface area (Å²) in [7, 11) is 0. The molecule has 2 aliphatic heterocycles. The highest BCUT2D eigenvalue weighted by atomic mass is 15.2. The van der Waals surface area contributed by atoms with Gasteiger partial charge in [-0.2, -0.15) is 0 Å². The molecule has 1 saturated heterocycles. The second kappa shape index (κ2) is 10.2. The van der Waals surface area contributed by atoms with Gasteiger partial charge in [-0.25, -0.2) is 4.99 Å². The minimum atomic E-state index is 0.494. The van der Waals surface area contributed by atoms with Crippen molar-refractivity contribution in [2.24, 2.45) is 4.99 Å². The molecule has 3 rings (SSSR count). The van der Waals surface area contributed by atoms with E-state index >= 15 is 0 Å². The number of hydrogen-bond acceptors (Lipinski definition) is 3. The minimum absolute atomic E-state index is 0.494. The number of nitrogens with zero attached hydrogens (tertiary/aromatic N) is 3. The predicted molar refractivity (Wildman–Crippen MR) is 115 cm³/mol. The largest absolute Gasteiger partial charge is 0.364 e. The fourth-order valence-corrected chi connectivity index (χ4v) is 3.63. The molecule has 5 nitrogen and oxygen atoms in total. The zero-order chi connectivity index (χ0) is 18.9. The van der Waals surface area contributed by atoms with Crippen LogP contribution in [0.1, 0.15) is 25.3 Å². The first kappa shape index (κ1) is 19.5. The number of hydrogen-bond donors (Lipinski definition) is 2. The molecule has 0 bridgehead atoms. The minimum Gasteiger partial charge on any atom is -0.364 e. The summed E-state index contributed by atoms with van der Waals surface area (Å²) < 4.78 is 0. The average molecular weight is 368 g/mol. The average Bonchev–Trinajstić information content (AvgIpc) is 3.23. The van der Waals surface area contributed by atoms with E-state index in [9.17, 15) is 0 Å². The molecule has 146 valence electrons. The van der Waals surface area contributed by atoms with Crippen LogP contribution in [-0.4, -0.2) is 56.2 Å².